The first-order valence-corrected chi connectivity index (χ1v) is 7.13. The molecule has 1 aliphatic carbocycles. The number of pyridine rings is 1. The van der Waals surface area contributed by atoms with E-state index in [1.54, 1.807) is 17.3 Å². The van der Waals surface area contributed by atoms with Crippen LogP contribution in [0.15, 0.2) is 24.5 Å². The normalized spacial score (nSPS) is 20.8. The Labute approximate surface area is 125 Å². The summed E-state index contributed by atoms with van der Waals surface area (Å²) >= 11 is 0. The molecule has 0 aromatic carbocycles. The minimum Gasteiger partial charge on any atom is -0.469 e. The summed E-state index contributed by atoms with van der Waals surface area (Å²) in [7, 11) is 1.36. The summed E-state index contributed by atoms with van der Waals surface area (Å²) in [5.74, 6) is -0.870. The zero-order valence-electron chi connectivity index (χ0n) is 13.0. The lowest BCUT2D eigenvalue weighted by atomic mass is 9.95. The molecule has 0 spiro atoms. The maximum Gasteiger partial charge on any atom is 0.309 e. The Morgan fingerprint density at radius 1 is 1.38 bits per heavy atom. The van der Waals surface area contributed by atoms with Gasteiger partial charge in [0.1, 0.15) is 0 Å². The predicted octanol–water partition coefficient (Wildman–Crippen LogP) is 2.27. The van der Waals surface area contributed by atoms with Gasteiger partial charge in [0.25, 0.3) is 0 Å². The molecule has 0 saturated heterocycles. The molecule has 1 aromatic rings. The molecule has 1 heterocycles. The number of carbonyl (C=O) groups excluding carboxylic acids is 2. The number of nitrogens with zero attached hydrogens (tertiary/aromatic N) is 2. The van der Waals surface area contributed by atoms with Gasteiger partial charge in [0.15, 0.2) is 0 Å². The fourth-order valence-corrected chi connectivity index (χ4v) is 2.36. The number of amides is 1. The largest absolute Gasteiger partial charge is 0.469 e. The monoisotopic (exact) mass is 290 g/mol. The number of aromatic nitrogens is 1. The van der Waals surface area contributed by atoms with Crippen LogP contribution in [0.3, 0.4) is 0 Å². The van der Waals surface area contributed by atoms with Crippen LogP contribution in [0.1, 0.15) is 27.2 Å². The summed E-state index contributed by atoms with van der Waals surface area (Å²) in [4.78, 5) is 30.1. The standard InChI is InChI=1S/C16H22N2O3/c1-16(2,3)10-18(11-6-5-7-17-9-11)14(19)12-8-13(12)15(20)21-4/h5-7,9,12-13H,8,10H2,1-4H3/t12-,13+/m1/s1. The van der Waals surface area contributed by atoms with Crippen molar-refractivity contribution in [1.82, 2.24) is 4.98 Å². The van der Waals surface area contributed by atoms with E-state index in [2.05, 4.69) is 25.8 Å². The van der Waals surface area contributed by atoms with Crippen molar-refractivity contribution in [3.8, 4) is 0 Å². The highest BCUT2D eigenvalue weighted by molar-refractivity contribution is 6.00. The summed E-state index contributed by atoms with van der Waals surface area (Å²) in [5, 5.41) is 0. The molecule has 1 saturated carbocycles. The molecule has 0 unspecified atom stereocenters. The van der Waals surface area contributed by atoms with Crippen molar-refractivity contribution in [1.29, 1.82) is 0 Å². The second-order valence-electron chi connectivity index (χ2n) is 6.67. The Morgan fingerprint density at radius 3 is 2.62 bits per heavy atom. The first-order chi connectivity index (χ1) is 9.83. The second-order valence-corrected chi connectivity index (χ2v) is 6.67. The lowest BCUT2D eigenvalue weighted by Gasteiger charge is -2.30. The third-order valence-corrected chi connectivity index (χ3v) is 3.47. The molecule has 1 fully saturated rings. The van der Waals surface area contributed by atoms with Gasteiger partial charge < -0.3 is 9.64 Å². The molecule has 5 heteroatoms. The smallest absolute Gasteiger partial charge is 0.309 e. The van der Waals surface area contributed by atoms with Crippen molar-refractivity contribution in [2.75, 3.05) is 18.6 Å². The van der Waals surface area contributed by atoms with Gasteiger partial charge in [-0.3, -0.25) is 14.6 Å². The van der Waals surface area contributed by atoms with E-state index < -0.39 is 0 Å². The highest BCUT2D eigenvalue weighted by Crippen LogP contribution is 2.42. The maximum absolute atomic E-state index is 12.7. The minimum atomic E-state index is -0.296. The summed E-state index contributed by atoms with van der Waals surface area (Å²) < 4.78 is 4.72. The van der Waals surface area contributed by atoms with Crippen LogP contribution in [0.2, 0.25) is 0 Å². The molecule has 0 aliphatic heterocycles. The molecule has 21 heavy (non-hydrogen) atoms. The van der Waals surface area contributed by atoms with E-state index in [0.717, 1.165) is 5.69 Å². The van der Waals surface area contributed by atoms with Gasteiger partial charge in [-0.15, -0.1) is 0 Å². The minimum absolute atomic E-state index is 0.0201. The van der Waals surface area contributed by atoms with Crippen LogP contribution < -0.4 is 4.90 Å². The van der Waals surface area contributed by atoms with E-state index in [1.807, 2.05) is 12.1 Å². The highest BCUT2D eigenvalue weighted by atomic mass is 16.5. The van der Waals surface area contributed by atoms with Gasteiger partial charge >= 0.3 is 5.97 Å². The topological polar surface area (TPSA) is 59.5 Å². The van der Waals surface area contributed by atoms with Crippen molar-refractivity contribution in [2.24, 2.45) is 17.3 Å². The molecular weight excluding hydrogens is 268 g/mol. The fraction of sp³-hybridized carbons (Fsp3) is 0.562. The van der Waals surface area contributed by atoms with Crippen molar-refractivity contribution in [2.45, 2.75) is 27.2 Å². The molecule has 2 atom stereocenters. The third-order valence-electron chi connectivity index (χ3n) is 3.47. The van der Waals surface area contributed by atoms with Crippen molar-refractivity contribution >= 4 is 17.6 Å². The van der Waals surface area contributed by atoms with Gasteiger partial charge in [-0.25, -0.2) is 0 Å². The van der Waals surface area contributed by atoms with Crippen LogP contribution >= 0.6 is 0 Å². The molecule has 0 N–H and O–H groups in total. The lowest BCUT2D eigenvalue weighted by molar-refractivity contribution is -0.143. The maximum atomic E-state index is 12.7. The third kappa shape index (κ3) is 3.80. The number of ether oxygens (including phenoxy) is 1. The molecule has 114 valence electrons. The van der Waals surface area contributed by atoms with E-state index >= 15 is 0 Å². The van der Waals surface area contributed by atoms with Crippen molar-refractivity contribution < 1.29 is 14.3 Å². The van der Waals surface area contributed by atoms with Crippen molar-refractivity contribution in [3.05, 3.63) is 24.5 Å². The van der Waals surface area contributed by atoms with Gasteiger partial charge in [0.2, 0.25) is 5.91 Å². The van der Waals surface area contributed by atoms with Crippen LogP contribution in [-0.4, -0.2) is 30.5 Å². The SMILES string of the molecule is COC(=O)[C@H]1C[C@H]1C(=O)N(CC(C)(C)C)c1cccnc1. The Bertz CT molecular complexity index is 522. The Kier molecular flexibility index (Phi) is 4.30. The highest BCUT2D eigenvalue weighted by Gasteiger charge is 2.50. The van der Waals surface area contributed by atoms with E-state index in [1.165, 1.54) is 7.11 Å². The van der Waals surface area contributed by atoms with E-state index in [4.69, 9.17) is 4.74 Å². The first-order valence-electron chi connectivity index (χ1n) is 7.13. The van der Waals surface area contributed by atoms with E-state index in [0.29, 0.717) is 13.0 Å². The molecule has 0 radical (unpaired) electrons. The van der Waals surface area contributed by atoms with E-state index in [-0.39, 0.29) is 29.1 Å². The van der Waals surface area contributed by atoms with Crippen LogP contribution in [0.25, 0.3) is 0 Å². The molecule has 5 nitrogen and oxygen atoms in total. The van der Waals surface area contributed by atoms with Gasteiger partial charge in [0, 0.05) is 12.7 Å². The number of anilines is 1. The fourth-order valence-electron chi connectivity index (χ4n) is 2.36. The van der Waals surface area contributed by atoms with Crippen molar-refractivity contribution in [3.63, 3.8) is 0 Å². The molecule has 0 bridgehead atoms. The second kappa shape index (κ2) is 5.84. The van der Waals surface area contributed by atoms with E-state index in [9.17, 15) is 9.59 Å². The average Bonchev–Trinajstić information content (AvgIpc) is 3.23. The van der Waals surface area contributed by atoms with Crippen LogP contribution in [0.4, 0.5) is 5.69 Å². The molecular formula is C16H22N2O3. The number of hydrogen-bond acceptors (Lipinski definition) is 4. The van der Waals surface area contributed by atoms with Gasteiger partial charge in [0.05, 0.1) is 30.8 Å². The summed E-state index contributed by atoms with van der Waals surface area (Å²) in [6.45, 7) is 6.82. The van der Waals surface area contributed by atoms with Crippen LogP contribution in [0.5, 0.6) is 0 Å². The zero-order valence-corrected chi connectivity index (χ0v) is 13.0. The molecule has 2 rings (SSSR count). The van der Waals surface area contributed by atoms with Crippen LogP contribution in [-0.2, 0) is 14.3 Å². The summed E-state index contributed by atoms with van der Waals surface area (Å²) in [6, 6.07) is 3.68. The zero-order chi connectivity index (χ0) is 15.6. The number of carbonyl (C=O) groups is 2. The van der Waals surface area contributed by atoms with Gasteiger partial charge in [-0.2, -0.15) is 0 Å². The average molecular weight is 290 g/mol. The summed E-state index contributed by atoms with van der Waals surface area (Å²) in [6.07, 6.45) is 3.93. The Morgan fingerprint density at radius 2 is 2.10 bits per heavy atom. The number of hydrogen-bond donors (Lipinski definition) is 0. The predicted molar refractivity (Wildman–Crippen MR) is 79.7 cm³/mol. The Balaban J connectivity index is 2.17. The van der Waals surface area contributed by atoms with Crippen LogP contribution in [0, 0.1) is 17.3 Å². The van der Waals surface area contributed by atoms with Gasteiger partial charge in [-0.05, 0) is 24.0 Å². The van der Waals surface area contributed by atoms with Gasteiger partial charge in [-0.1, -0.05) is 20.8 Å². The molecule has 1 amide bonds. The number of methoxy groups -OCH3 is 1. The molecule has 1 aliphatic rings. The number of rotatable bonds is 4. The Hall–Kier alpha value is -1.91. The molecule has 1 aromatic heterocycles. The quantitative estimate of drug-likeness (QED) is 0.798. The summed E-state index contributed by atoms with van der Waals surface area (Å²) in [5.41, 5.74) is 0.731. The number of esters is 1. The first kappa shape index (κ1) is 15.5. The lowest BCUT2D eigenvalue weighted by Crippen LogP contribution is -2.39.